The van der Waals surface area contributed by atoms with E-state index in [2.05, 4.69) is 4.74 Å². The van der Waals surface area contributed by atoms with Gasteiger partial charge in [0.25, 0.3) is 0 Å². The third kappa shape index (κ3) is 4.46. The summed E-state index contributed by atoms with van der Waals surface area (Å²) in [7, 11) is -8.22. The highest BCUT2D eigenvalue weighted by Crippen LogP contribution is 2.32. The van der Waals surface area contributed by atoms with Gasteiger partial charge in [-0.05, 0) is 25.0 Å². The Morgan fingerprint density at radius 1 is 1.04 bits per heavy atom. The van der Waals surface area contributed by atoms with Crippen LogP contribution in [0.25, 0.3) is 0 Å². The van der Waals surface area contributed by atoms with Crippen molar-refractivity contribution in [3.05, 3.63) is 29.3 Å². The summed E-state index contributed by atoms with van der Waals surface area (Å²) < 4.78 is 82.6. The predicted octanol–water partition coefficient (Wildman–Crippen LogP) is 2.04. The number of hydrogen-bond acceptors (Lipinski definition) is 6. The van der Waals surface area contributed by atoms with Crippen LogP contribution in [0.3, 0.4) is 0 Å². The summed E-state index contributed by atoms with van der Waals surface area (Å²) in [5.74, 6) is -5.52. The summed E-state index contributed by atoms with van der Waals surface area (Å²) >= 11 is 0. The highest BCUT2D eigenvalue weighted by Gasteiger charge is 2.38. The Morgan fingerprint density at radius 3 is 1.92 bits per heavy atom. The molecule has 0 aliphatic heterocycles. The first-order valence-corrected chi connectivity index (χ1v) is 10.6. The van der Waals surface area contributed by atoms with E-state index in [0.717, 1.165) is 13.2 Å². The van der Waals surface area contributed by atoms with Crippen LogP contribution in [0.15, 0.2) is 12.1 Å². The number of esters is 1. The van der Waals surface area contributed by atoms with Crippen LogP contribution in [0.4, 0.5) is 14.5 Å². The monoisotopic (exact) mass is 399 g/mol. The third-order valence-electron chi connectivity index (χ3n) is 3.08. The molecular formula is C14H19F2NO6S2. The van der Waals surface area contributed by atoms with Crippen LogP contribution >= 0.6 is 0 Å². The van der Waals surface area contributed by atoms with Crippen molar-refractivity contribution in [2.24, 2.45) is 0 Å². The van der Waals surface area contributed by atoms with Gasteiger partial charge in [-0.15, -0.1) is 0 Å². The number of rotatable bonds is 8. The number of hydrogen-bond donors (Lipinski definition) is 0. The van der Waals surface area contributed by atoms with Crippen molar-refractivity contribution in [1.82, 2.24) is 0 Å². The molecule has 0 spiro atoms. The fourth-order valence-electron chi connectivity index (χ4n) is 2.11. The lowest BCUT2D eigenvalue weighted by Gasteiger charge is -2.25. The number of carbonyl (C=O) groups excluding carboxylic acids is 1. The molecule has 0 fully saturated rings. The van der Waals surface area contributed by atoms with Gasteiger partial charge >= 0.3 is 5.97 Å². The van der Waals surface area contributed by atoms with E-state index in [1.54, 1.807) is 0 Å². The maximum atomic E-state index is 14.7. The first-order valence-electron chi connectivity index (χ1n) is 7.35. The number of methoxy groups -OCH3 is 1. The smallest absolute Gasteiger partial charge is 0.340 e. The lowest BCUT2D eigenvalue weighted by molar-refractivity contribution is 0.0595. The van der Waals surface area contributed by atoms with E-state index in [0.29, 0.717) is 6.07 Å². The van der Waals surface area contributed by atoms with E-state index in [4.69, 9.17) is 0 Å². The Labute approximate surface area is 145 Å². The van der Waals surface area contributed by atoms with Crippen LogP contribution in [0.2, 0.25) is 0 Å². The first kappa shape index (κ1) is 21.3. The average molecular weight is 399 g/mol. The average Bonchev–Trinajstić information content (AvgIpc) is 2.50. The Bertz CT molecular complexity index is 816. The van der Waals surface area contributed by atoms with E-state index in [-0.39, 0.29) is 16.6 Å². The quantitative estimate of drug-likeness (QED) is 0.621. The third-order valence-corrected chi connectivity index (χ3v) is 7.67. The highest BCUT2D eigenvalue weighted by atomic mass is 32.3. The molecule has 0 unspecified atom stereocenters. The molecule has 0 atom stereocenters. The van der Waals surface area contributed by atoms with Crippen molar-refractivity contribution in [1.29, 1.82) is 0 Å². The summed E-state index contributed by atoms with van der Waals surface area (Å²) in [5.41, 5.74) is -2.10. The van der Waals surface area contributed by atoms with Gasteiger partial charge in [-0.25, -0.2) is 30.4 Å². The standard InChI is InChI=1S/C14H19F2NO6S2/c1-4-8-24(19,20)17(25(21,22)9-5-2)13-11(15)7-6-10(12(13)16)14(18)23-3/h6-7H,4-5,8-9H2,1-3H3. The van der Waals surface area contributed by atoms with E-state index < -0.39 is 60.4 Å². The fourth-order valence-corrected chi connectivity index (χ4v) is 6.19. The van der Waals surface area contributed by atoms with Gasteiger partial charge < -0.3 is 4.74 Å². The van der Waals surface area contributed by atoms with Crippen molar-refractivity contribution in [2.45, 2.75) is 26.7 Å². The molecule has 0 saturated carbocycles. The molecule has 0 amide bonds. The fraction of sp³-hybridized carbons (Fsp3) is 0.500. The molecule has 0 saturated heterocycles. The maximum Gasteiger partial charge on any atom is 0.340 e. The van der Waals surface area contributed by atoms with Gasteiger partial charge in [0.05, 0.1) is 24.2 Å². The highest BCUT2D eigenvalue weighted by molar-refractivity contribution is 8.10. The van der Waals surface area contributed by atoms with E-state index in [9.17, 15) is 30.4 Å². The van der Waals surface area contributed by atoms with Crippen LogP contribution in [0.1, 0.15) is 37.0 Å². The Hall–Kier alpha value is -1.75. The molecule has 0 aliphatic rings. The summed E-state index contributed by atoms with van der Waals surface area (Å²) in [6.45, 7) is 2.94. The van der Waals surface area contributed by atoms with Crippen molar-refractivity contribution in [2.75, 3.05) is 22.3 Å². The van der Waals surface area contributed by atoms with E-state index in [1.165, 1.54) is 13.8 Å². The van der Waals surface area contributed by atoms with Gasteiger partial charge in [-0.1, -0.05) is 13.8 Å². The topological polar surface area (TPSA) is 97.8 Å². The first-order chi connectivity index (χ1) is 11.5. The molecular weight excluding hydrogens is 380 g/mol. The van der Waals surface area contributed by atoms with Crippen LogP contribution in [0, 0.1) is 11.6 Å². The number of nitrogens with zero attached hydrogens (tertiary/aromatic N) is 1. The van der Waals surface area contributed by atoms with Crippen molar-refractivity contribution >= 4 is 31.7 Å². The Kier molecular flexibility index (Phi) is 6.89. The number of anilines is 1. The minimum atomic E-state index is -4.59. The van der Waals surface area contributed by atoms with Gasteiger partial charge in [-0.3, -0.25) is 0 Å². The van der Waals surface area contributed by atoms with Crippen LogP contribution < -0.4 is 3.71 Å². The molecule has 0 aliphatic carbocycles. The van der Waals surface area contributed by atoms with Crippen LogP contribution in [-0.2, 0) is 24.8 Å². The van der Waals surface area contributed by atoms with E-state index >= 15 is 0 Å². The molecule has 1 rings (SSSR count). The molecule has 0 N–H and O–H groups in total. The SMILES string of the molecule is CCCS(=O)(=O)N(c1c(F)ccc(C(=O)OC)c1F)S(=O)(=O)CCC. The zero-order chi connectivity index (χ0) is 19.4. The predicted molar refractivity (Wildman–Crippen MR) is 88.3 cm³/mol. The number of sulfonamides is 2. The number of carbonyl (C=O) groups is 1. The van der Waals surface area contributed by atoms with Gasteiger partial charge in [0.1, 0.15) is 5.69 Å². The lowest BCUT2D eigenvalue weighted by Crippen LogP contribution is -2.41. The van der Waals surface area contributed by atoms with Crippen molar-refractivity contribution in [3.8, 4) is 0 Å². The zero-order valence-corrected chi connectivity index (χ0v) is 15.6. The number of benzene rings is 1. The summed E-state index contributed by atoms with van der Waals surface area (Å²) in [4.78, 5) is 11.6. The van der Waals surface area contributed by atoms with Crippen molar-refractivity contribution < 1.29 is 35.1 Å². The summed E-state index contributed by atoms with van der Waals surface area (Å²) in [5, 5.41) is 0. The summed E-state index contributed by atoms with van der Waals surface area (Å²) in [6, 6.07) is 1.36. The second kappa shape index (κ2) is 8.09. The van der Waals surface area contributed by atoms with Crippen molar-refractivity contribution in [3.63, 3.8) is 0 Å². The molecule has 0 aromatic heterocycles. The van der Waals surface area contributed by atoms with Gasteiger partial charge in [-0.2, -0.15) is 3.71 Å². The Morgan fingerprint density at radius 2 is 1.52 bits per heavy atom. The zero-order valence-electron chi connectivity index (χ0n) is 14.0. The van der Waals surface area contributed by atoms with E-state index in [1.807, 2.05) is 0 Å². The molecule has 1 aromatic carbocycles. The van der Waals surface area contributed by atoms with Gasteiger partial charge in [0.2, 0.25) is 20.0 Å². The molecule has 0 bridgehead atoms. The summed E-state index contributed by atoms with van der Waals surface area (Å²) in [6.07, 6.45) is 0.0564. The second-order valence-corrected chi connectivity index (χ2v) is 9.18. The van der Waals surface area contributed by atoms with Crippen LogP contribution in [0.5, 0.6) is 0 Å². The van der Waals surface area contributed by atoms with Gasteiger partial charge in [0, 0.05) is 0 Å². The molecule has 0 heterocycles. The molecule has 11 heteroatoms. The minimum Gasteiger partial charge on any atom is -0.465 e. The molecule has 25 heavy (non-hydrogen) atoms. The van der Waals surface area contributed by atoms with Crippen LogP contribution in [-0.4, -0.2) is 41.4 Å². The maximum absolute atomic E-state index is 14.7. The molecule has 0 radical (unpaired) electrons. The minimum absolute atomic E-state index is 0.0282. The largest absolute Gasteiger partial charge is 0.465 e. The molecule has 1 aromatic rings. The number of halogens is 2. The normalized spacial score (nSPS) is 12.0. The lowest BCUT2D eigenvalue weighted by atomic mass is 10.2. The second-order valence-electron chi connectivity index (χ2n) is 5.08. The number of ether oxygens (including phenoxy) is 1. The molecule has 142 valence electrons. The molecule has 7 nitrogen and oxygen atoms in total. The van der Waals surface area contributed by atoms with Gasteiger partial charge in [0.15, 0.2) is 11.6 Å². The Balaban J connectivity index is 3.82.